The van der Waals surface area contributed by atoms with E-state index in [1.165, 1.54) is 0 Å². The van der Waals surface area contributed by atoms with Crippen molar-refractivity contribution in [1.29, 1.82) is 0 Å². The molecule has 0 saturated carbocycles. The lowest BCUT2D eigenvalue weighted by molar-refractivity contribution is -0.137. The van der Waals surface area contributed by atoms with E-state index < -0.39 is 27.8 Å². The molecule has 88 valence electrons. The van der Waals surface area contributed by atoms with E-state index in [9.17, 15) is 13.2 Å². The molecule has 5 nitrogen and oxygen atoms in total. The molecule has 0 aliphatic rings. The van der Waals surface area contributed by atoms with Crippen LogP contribution < -0.4 is 0 Å². The second-order valence-electron chi connectivity index (χ2n) is 3.42. The zero-order valence-electron chi connectivity index (χ0n) is 8.41. The van der Waals surface area contributed by atoms with E-state index in [-0.39, 0.29) is 6.42 Å². The minimum atomic E-state index is -4.34. The summed E-state index contributed by atoms with van der Waals surface area (Å²) in [5, 5.41) is 7.25. The molecule has 0 heterocycles. The van der Waals surface area contributed by atoms with Crippen molar-refractivity contribution >= 4 is 16.1 Å². The molecule has 0 aliphatic carbocycles. The number of benzene rings is 1. The molecule has 1 unspecified atom stereocenters. The summed E-state index contributed by atoms with van der Waals surface area (Å²) in [5.74, 6) is -1.25. The third-order valence-corrected chi connectivity index (χ3v) is 3.31. The Balaban J connectivity index is 2.84. The standard InChI is InChI=1S/C10H12O5S/c11-10(12)7-9(16(13,14)15)6-8-4-2-1-3-5-8/h1-5,9H,6-7H2,(H,11,12)(H,13,14,15). The minimum Gasteiger partial charge on any atom is -0.481 e. The van der Waals surface area contributed by atoms with Crippen LogP contribution in [0.5, 0.6) is 0 Å². The van der Waals surface area contributed by atoms with Crippen molar-refractivity contribution in [3.63, 3.8) is 0 Å². The summed E-state index contributed by atoms with van der Waals surface area (Å²) in [5.41, 5.74) is 0.673. The molecule has 0 amide bonds. The van der Waals surface area contributed by atoms with E-state index in [4.69, 9.17) is 9.66 Å². The maximum absolute atomic E-state index is 11.0. The molecule has 1 aromatic rings. The topological polar surface area (TPSA) is 91.7 Å². The lowest BCUT2D eigenvalue weighted by Crippen LogP contribution is -2.26. The molecule has 0 fully saturated rings. The molecule has 6 heteroatoms. The van der Waals surface area contributed by atoms with Gasteiger partial charge in [-0.25, -0.2) is 0 Å². The fourth-order valence-electron chi connectivity index (χ4n) is 1.35. The summed E-state index contributed by atoms with van der Waals surface area (Å²) in [6.07, 6.45) is -0.611. The van der Waals surface area contributed by atoms with Gasteiger partial charge in [0, 0.05) is 0 Å². The highest BCUT2D eigenvalue weighted by molar-refractivity contribution is 7.86. The molecule has 2 N–H and O–H groups in total. The van der Waals surface area contributed by atoms with Gasteiger partial charge in [-0.15, -0.1) is 0 Å². The van der Waals surface area contributed by atoms with Crippen molar-refractivity contribution in [3.8, 4) is 0 Å². The molecular formula is C10H12O5S. The molecular weight excluding hydrogens is 232 g/mol. The highest BCUT2D eigenvalue weighted by Crippen LogP contribution is 2.12. The zero-order chi connectivity index (χ0) is 12.2. The first-order valence-electron chi connectivity index (χ1n) is 4.61. The molecule has 1 rings (SSSR count). The number of aliphatic carboxylic acids is 1. The second-order valence-corrected chi connectivity index (χ2v) is 5.12. The van der Waals surface area contributed by atoms with E-state index in [1.807, 2.05) is 0 Å². The Morgan fingerprint density at radius 2 is 1.81 bits per heavy atom. The lowest BCUT2D eigenvalue weighted by Gasteiger charge is -2.11. The van der Waals surface area contributed by atoms with Crippen LogP contribution in [0.15, 0.2) is 30.3 Å². The molecule has 0 aromatic heterocycles. The first-order chi connectivity index (χ1) is 7.39. The number of carboxylic acid groups (broad SMARTS) is 1. The van der Waals surface area contributed by atoms with Gasteiger partial charge in [-0.05, 0) is 12.0 Å². The van der Waals surface area contributed by atoms with Gasteiger partial charge in [0.2, 0.25) is 0 Å². The Kier molecular flexibility index (Phi) is 4.03. The molecule has 1 atom stereocenters. The van der Waals surface area contributed by atoms with E-state index in [2.05, 4.69) is 0 Å². The molecule has 0 aliphatic heterocycles. The molecule has 0 bridgehead atoms. The van der Waals surface area contributed by atoms with E-state index in [0.717, 1.165) is 0 Å². The molecule has 1 aromatic carbocycles. The summed E-state index contributed by atoms with van der Waals surface area (Å²) < 4.78 is 30.8. The van der Waals surface area contributed by atoms with Crippen molar-refractivity contribution in [1.82, 2.24) is 0 Å². The summed E-state index contributed by atoms with van der Waals surface area (Å²) in [7, 11) is -4.34. The van der Waals surface area contributed by atoms with Crippen LogP contribution in [-0.4, -0.2) is 29.3 Å². The van der Waals surface area contributed by atoms with Crippen molar-refractivity contribution in [2.75, 3.05) is 0 Å². The van der Waals surface area contributed by atoms with Crippen LogP contribution in [0.25, 0.3) is 0 Å². The van der Waals surface area contributed by atoms with Gasteiger partial charge < -0.3 is 5.11 Å². The van der Waals surface area contributed by atoms with E-state index in [1.54, 1.807) is 30.3 Å². The lowest BCUT2D eigenvalue weighted by atomic mass is 10.1. The molecule has 0 saturated heterocycles. The minimum absolute atomic E-state index is 0.00796. The Labute approximate surface area is 93.5 Å². The maximum atomic E-state index is 11.0. The van der Waals surface area contributed by atoms with Gasteiger partial charge in [0.1, 0.15) is 5.25 Å². The summed E-state index contributed by atoms with van der Waals surface area (Å²) >= 11 is 0. The van der Waals surface area contributed by atoms with Crippen molar-refractivity contribution in [3.05, 3.63) is 35.9 Å². The summed E-state index contributed by atoms with van der Waals surface area (Å²) in [4.78, 5) is 10.5. The van der Waals surface area contributed by atoms with Crippen molar-refractivity contribution < 1.29 is 22.9 Å². The Morgan fingerprint density at radius 3 is 2.25 bits per heavy atom. The third-order valence-electron chi connectivity index (χ3n) is 2.13. The number of rotatable bonds is 5. The predicted molar refractivity (Wildman–Crippen MR) is 57.7 cm³/mol. The maximum Gasteiger partial charge on any atom is 0.304 e. The fourth-order valence-corrected chi connectivity index (χ4v) is 2.11. The number of hydrogen-bond acceptors (Lipinski definition) is 3. The van der Waals surface area contributed by atoms with Crippen molar-refractivity contribution in [2.24, 2.45) is 0 Å². The van der Waals surface area contributed by atoms with Crippen LogP contribution in [0.4, 0.5) is 0 Å². The smallest absolute Gasteiger partial charge is 0.304 e. The molecule has 0 radical (unpaired) electrons. The van der Waals surface area contributed by atoms with Crippen LogP contribution in [0, 0.1) is 0 Å². The SMILES string of the molecule is O=C(O)CC(Cc1ccccc1)S(=O)(=O)O. The van der Waals surface area contributed by atoms with Crippen LogP contribution in [0.2, 0.25) is 0 Å². The highest BCUT2D eigenvalue weighted by atomic mass is 32.2. The Bertz CT molecular complexity index is 451. The van der Waals surface area contributed by atoms with Crippen LogP contribution in [0.3, 0.4) is 0 Å². The summed E-state index contributed by atoms with van der Waals surface area (Å²) in [6, 6.07) is 8.57. The monoisotopic (exact) mass is 244 g/mol. The van der Waals surface area contributed by atoms with Gasteiger partial charge in [0.25, 0.3) is 10.1 Å². The van der Waals surface area contributed by atoms with E-state index >= 15 is 0 Å². The summed E-state index contributed by atoms with van der Waals surface area (Å²) in [6.45, 7) is 0. The highest BCUT2D eigenvalue weighted by Gasteiger charge is 2.26. The first kappa shape index (κ1) is 12.7. The number of carboxylic acids is 1. The van der Waals surface area contributed by atoms with Gasteiger partial charge >= 0.3 is 5.97 Å². The zero-order valence-corrected chi connectivity index (χ0v) is 9.22. The first-order valence-corrected chi connectivity index (χ1v) is 6.12. The molecule has 0 spiro atoms. The van der Waals surface area contributed by atoms with Gasteiger partial charge in [-0.2, -0.15) is 8.42 Å². The average molecular weight is 244 g/mol. The number of hydrogen-bond donors (Lipinski definition) is 2. The van der Waals surface area contributed by atoms with Gasteiger partial charge in [0.05, 0.1) is 6.42 Å². The van der Waals surface area contributed by atoms with E-state index in [0.29, 0.717) is 5.56 Å². The van der Waals surface area contributed by atoms with Crippen LogP contribution in [0.1, 0.15) is 12.0 Å². The van der Waals surface area contributed by atoms with Crippen molar-refractivity contribution in [2.45, 2.75) is 18.1 Å². The largest absolute Gasteiger partial charge is 0.481 e. The number of carbonyl (C=O) groups is 1. The Morgan fingerprint density at radius 1 is 1.25 bits per heavy atom. The quantitative estimate of drug-likeness (QED) is 0.753. The second kappa shape index (κ2) is 5.09. The van der Waals surface area contributed by atoms with Crippen LogP contribution >= 0.6 is 0 Å². The normalized spacial score (nSPS) is 13.3. The van der Waals surface area contributed by atoms with Crippen LogP contribution in [-0.2, 0) is 21.3 Å². The van der Waals surface area contributed by atoms with Gasteiger partial charge in [-0.3, -0.25) is 9.35 Å². The predicted octanol–water partition coefficient (Wildman–Crippen LogP) is 0.960. The average Bonchev–Trinajstić information content (AvgIpc) is 2.16. The Hall–Kier alpha value is -1.40. The third kappa shape index (κ3) is 4.00. The fraction of sp³-hybridized carbons (Fsp3) is 0.300. The molecule has 16 heavy (non-hydrogen) atoms. The van der Waals surface area contributed by atoms with Gasteiger partial charge in [-0.1, -0.05) is 30.3 Å². The van der Waals surface area contributed by atoms with Gasteiger partial charge in [0.15, 0.2) is 0 Å².